The molecule has 1 aliphatic carbocycles. The van der Waals surface area contributed by atoms with Crippen LogP contribution in [0.3, 0.4) is 0 Å². The monoisotopic (exact) mass is 267 g/mol. The smallest absolute Gasteiger partial charge is 0.0820 e. The van der Waals surface area contributed by atoms with Crippen molar-refractivity contribution in [1.29, 1.82) is 0 Å². The van der Waals surface area contributed by atoms with Crippen LogP contribution in [-0.2, 0) is 12.8 Å². The highest BCUT2D eigenvalue weighted by Gasteiger charge is 2.25. The molecule has 1 aromatic carbocycles. The molecule has 1 aromatic heterocycles. The molecule has 0 radical (unpaired) electrons. The Kier molecular flexibility index (Phi) is 4.12. The highest BCUT2D eigenvalue weighted by molar-refractivity contribution is 5.30. The van der Waals surface area contributed by atoms with Gasteiger partial charge in [0.25, 0.3) is 0 Å². The van der Waals surface area contributed by atoms with Crippen molar-refractivity contribution >= 4 is 0 Å². The van der Waals surface area contributed by atoms with Crippen molar-refractivity contribution in [3.63, 3.8) is 0 Å². The fraction of sp³-hybridized carbons (Fsp3) is 0.389. The molecule has 0 amide bonds. The summed E-state index contributed by atoms with van der Waals surface area (Å²) in [5.74, 6) is 0.367. The van der Waals surface area contributed by atoms with Crippen LogP contribution in [0.4, 0.5) is 0 Å². The van der Waals surface area contributed by atoms with Gasteiger partial charge in [0.1, 0.15) is 0 Å². The topological polar surface area (TPSA) is 33.1 Å². The van der Waals surface area contributed by atoms with Gasteiger partial charge in [-0.3, -0.25) is 4.98 Å². The van der Waals surface area contributed by atoms with E-state index < -0.39 is 0 Å². The lowest BCUT2D eigenvalue weighted by molar-refractivity contribution is 0.0999. The average molecular weight is 267 g/mol. The molecule has 104 valence electrons. The third-order valence-electron chi connectivity index (χ3n) is 4.39. The maximum atomic E-state index is 10.7. The van der Waals surface area contributed by atoms with E-state index in [-0.39, 0.29) is 6.10 Å². The first-order valence-electron chi connectivity index (χ1n) is 7.49. The second-order valence-electron chi connectivity index (χ2n) is 5.69. The van der Waals surface area contributed by atoms with Crippen LogP contribution >= 0.6 is 0 Å². The molecular formula is C18H21NO. The van der Waals surface area contributed by atoms with E-state index in [2.05, 4.69) is 35.3 Å². The predicted molar refractivity (Wildman–Crippen MR) is 80.4 cm³/mol. The third kappa shape index (κ3) is 2.91. The van der Waals surface area contributed by atoms with E-state index in [9.17, 15) is 5.11 Å². The van der Waals surface area contributed by atoms with Crippen LogP contribution in [-0.4, -0.2) is 10.1 Å². The van der Waals surface area contributed by atoms with Gasteiger partial charge in [0.15, 0.2) is 0 Å². The second-order valence-corrected chi connectivity index (χ2v) is 5.69. The number of pyridine rings is 1. The number of hydrogen-bond donors (Lipinski definition) is 1. The molecule has 1 heterocycles. The summed E-state index contributed by atoms with van der Waals surface area (Å²) in [5.41, 5.74) is 3.78. The van der Waals surface area contributed by atoms with Gasteiger partial charge in [-0.1, -0.05) is 24.3 Å². The predicted octanol–water partition coefficient (Wildman–Crippen LogP) is 3.70. The highest BCUT2D eigenvalue weighted by Crippen LogP contribution is 2.35. The normalized spacial score (nSPS) is 22.1. The Balaban J connectivity index is 1.71. The minimum absolute atomic E-state index is 0.310. The van der Waals surface area contributed by atoms with Crippen molar-refractivity contribution in [3.05, 3.63) is 65.5 Å². The Morgan fingerprint density at radius 1 is 1.10 bits per heavy atom. The van der Waals surface area contributed by atoms with Crippen molar-refractivity contribution in [3.8, 4) is 0 Å². The van der Waals surface area contributed by atoms with Crippen LogP contribution in [0.15, 0.2) is 48.8 Å². The number of aliphatic hydroxyl groups excluding tert-OH is 1. The zero-order chi connectivity index (χ0) is 13.8. The maximum absolute atomic E-state index is 10.7. The largest absolute Gasteiger partial charge is 0.388 e. The molecule has 20 heavy (non-hydrogen) atoms. The molecule has 2 nitrogen and oxygen atoms in total. The summed E-state index contributed by atoms with van der Waals surface area (Å²) < 4.78 is 0. The Morgan fingerprint density at radius 3 is 2.75 bits per heavy atom. The van der Waals surface area contributed by atoms with Gasteiger partial charge < -0.3 is 5.11 Å². The molecule has 1 aliphatic rings. The molecule has 2 aromatic rings. The number of aromatic nitrogens is 1. The van der Waals surface area contributed by atoms with Crippen molar-refractivity contribution in [2.75, 3.05) is 0 Å². The lowest BCUT2D eigenvalue weighted by Crippen LogP contribution is -2.13. The summed E-state index contributed by atoms with van der Waals surface area (Å²) in [7, 11) is 0. The summed E-state index contributed by atoms with van der Waals surface area (Å²) in [5, 5.41) is 10.7. The SMILES string of the molecule is OC1c2ccccc2CCCC1CCc1ccncc1. The molecule has 0 spiro atoms. The second kappa shape index (κ2) is 6.19. The summed E-state index contributed by atoms with van der Waals surface area (Å²) in [6.07, 6.45) is 8.82. The first kappa shape index (κ1) is 13.3. The minimum Gasteiger partial charge on any atom is -0.388 e. The average Bonchev–Trinajstić information content (AvgIpc) is 2.66. The summed E-state index contributed by atoms with van der Waals surface area (Å²) in [6, 6.07) is 12.5. The lowest BCUT2D eigenvalue weighted by atomic mass is 9.88. The fourth-order valence-electron chi connectivity index (χ4n) is 3.22. The molecule has 2 unspecified atom stereocenters. The molecule has 3 rings (SSSR count). The first-order chi connectivity index (χ1) is 9.84. The number of aliphatic hydroxyl groups is 1. The molecule has 1 N–H and O–H groups in total. The standard InChI is InChI=1S/C18H21NO/c20-18-16(9-8-14-10-12-19-13-11-14)6-3-5-15-4-1-2-7-17(15)18/h1-2,4,7,10-13,16,18,20H,3,5-6,8-9H2. The van der Waals surface area contributed by atoms with E-state index >= 15 is 0 Å². The fourth-order valence-corrected chi connectivity index (χ4v) is 3.22. The van der Waals surface area contributed by atoms with E-state index in [0.717, 1.165) is 31.2 Å². The molecule has 0 aliphatic heterocycles. The molecule has 0 bridgehead atoms. The van der Waals surface area contributed by atoms with Gasteiger partial charge >= 0.3 is 0 Å². The van der Waals surface area contributed by atoms with Crippen molar-refractivity contribution < 1.29 is 5.11 Å². The van der Waals surface area contributed by atoms with Gasteiger partial charge in [-0.25, -0.2) is 0 Å². The van der Waals surface area contributed by atoms with Gasteiger partial charge in [-0.05, 0) is 66.8 Å². The third-order valence-corrected chi connectivity index (χ3v) is 4.39. The van der Waals surface area contributed by atoms with Crippen LogP contribution in [0.25, 0.3) is 0 Å². The number of benzene rings is 1. The number of fused-ring (bicyclic) bond motifs is 1. The Bertz CT molecular complexity index is 552. The highest BCUT2D eigenvalue weighted by atomic mass is 16.3. The van der Waals surface area contributed by atoms with Crippen LogP contribution < -0.4 is 0 Å². The van der Waals surface area contributed by atoms with Gasteiger partial charge in [0.2, 0.25) is 0 Å². The van der Waals surface area contributed by atoms with Gasteiger partial charge in [0.05, 0.1) is 6.10 Å². The zero-order valence-corrected chi connectivity index (χ0v) is 11.7. The van der Waals surface area contributed by atoms with Gasteiger partial charge in [-0.15, -0.1) is 0 Å². The molecule has 0 saturated heterocycles. The van der Waals surface area contributed by atoms with Gasteiger partial charge in [-0.2, -0.15) is 0 Å². The lowest BCUT2D eigenvalue weighted by Gasteiger charge is -2.22. The van der Waals surface area contributed by atoms with Gasteiger partial charge in [0, 0.05) is 12.4 Å². The van der Waals surface area contributed by atoms with Crippen LogP contribution in [0, 0.1) is 5.92 Å². The minimum atomic E-state index is -0.310. The molecular weight excluding hydrogens is 246 g/mol. The number of aryl methyl sites for hydroxylation is 2. The Morgan fingerprint density at radius 2 is 1.90 bits per heavy atom. The van der Waals surface area contributed by atoms with Crippen molar-refractivity contribution in [2.45, 2.75) is 38.2 Å². The van der Waals surface area contributed by atoms with E-state index in [4.69, 9.17) is 0 Å². The first-order valence-corrected chi connectivity index (χ1v) is 7.49. The number of hydrogen-bond acceptors (Lipinski definition) is 2. The zero-order valence-electron chi connectivity index (χ0n) is 11.7. The Labute approximate surface area is 120 Å². The van der Waals surface area contributed by atoms with E-state index in [1.165, 1.54) is 17.5 Å². The molecule has 2 heteroatoms. The number of nitrogens with zero attached hydrogens (tertiary/aromatic N) is 1. The number of rotatable bonds is 3. The maximum Gasteiger partial charge on any atom is 0.0820 e. The summed E-state index contributed by atoms with van der Waals surface area (Å²) in [4.78, 5) is 4.05. The van der Waals surface area contributed by atoms with Crippen LogP contribution in [0.2, 0.25) is 0 Å². The quantitative estimate of drug-likeness (QED) is 0.860. The molecule has 2 atom stereocenters. The Hall–Kier alpha value is -1.67. The summed E-state index contributed by atoms with van der Waals surface area (Å²) >= 11 is 0. The van der Waals surface area contributed by atoms with E-state index in [0.29, 0.717) is 5.92 Å². The molecule has 0 fully saturated rings. The van der Waals surface area contributed by atoms with E-state index in [1.54, 1.807) is 0 Å². The van der Waals surface area contributed by atoms with Crippen LogP contribution in [0.1, 0.15) is 42.1 Å². The summed E-state index contributed by atoms with van der Waals surface area (Å²) in [6.45, 7) is 0. The van der Waals surface area contributed by atoms with Crippen LogP contribution in [0.5, 0.6) is 0 Å². The van der Waals surface area contributed by atoms with E-state index in [1.807, 2.05) is 18.5 Å². The van der Waals surface area contributed by atoms with Crippen molar-refractivity contribution in [1.82, 2.24) is 4.98 Å². The van der Waals surface area contributed by atoms with Crippen molar-refractivity contribution in [2.24, 2.45) is 5.92 Å². The molecule has 0 saturated carbocycles.